The van der Waals surface area contributed by atoms with Crippen LogP contribution in [0.3, 0.4) is 0 Å². The van der Waals surface area contributed by atoms with Gasteiger partial charge in [0.25, 0.3) is 0 Å². The van der Waals surface area contributed by atoms with Crippen molar-refractivity contribution in [3.63, 3.8) is 0 Å². The van der Waals surface area contributed by atoms with Crippen molar-refractivity contribution in [2.75, 3.05) is 13.1 Å². The van der Waals surface area contributed by atoms with Crippen molar-refractivity contribution in [2.45, 2.75) is 32.1 Å². The summed E-state index contributed by atoms with van der Waals surface area (Å²) < 4.78 is 18.5. The Hall–Kier alpha value is -1.75. The lowest BCUT2D eigenvalue weighted by Crippen LogP contribution is -2.35. The molecule has 1 aromatic carbocycles. The molecule has 0 amide bonds. The van der Waals surface area contributed by atoms with Gasteiger partial charge in [0.2, 0.25) is 5.89 Å². The topological polar surface area (TPSA) is 51.0 Å². The highest BCUT2D eigenvalue weighted by Crippen LogP contribution is 2.36. The minimum absolute atomic E-state index is 0.0615. The number of hydrogen-bond acceptors (Lipinski definition) is 4. The summed E-state index contributed by atoms with van der Waals surface area (Å²) in [6, 6.07) is 6.40. The van der Waals surface area contributed by atoms with E-state index in [4.69, 9.17) is 4.52 Å². The first kappa shape index (κ1) is 14.2. The van der Waals surface area contributed by atoms with Gasteiger partial charge in [0.05, 0.1) is 5.41 Å². The molecule has 0 bridgehead atoms. The summed E-state index contributed by atoms with van der Waals surface area (Å²) in [5.41, 5.74) is 0.917. The zero-order valence-electron chi connectivity index (χ0n) is 12.4. The molecule has 0 radical (unpaired) electrons. The molecule has 1 aliphatic rings. The summed E-state index contributed by atoms with van der Waals surface area (Å²) in [6.45, 7) is 6.24. The summed E-state index contributed by atoms with van der Waals surface area (Å²) in [5, 5.41) is 7.49. The normalized spacial score (nSPS) is 22.1. The van der Waals surface area contributed by atoms with Crippen LogP contribution < -0.4 is 5.32 Å². The van der Waals surface area contributed by atoms with Gasteiger partial charge >= 0.3 is 0 Å². The van der Waals surface area contributed by atoms with Crippen molar-refractivity contribution in [1.82, 2.24) is 15.5 Å². The molecule has 1 unspecified atom stereocenters. The number of nitrogens with zero attached hydrogens (tertiary/aromatic N) is 2. The molecule has 1 atom stereocenters. The van der Waals surface area contributed by atoms with Crippen LogP contribution in [-0.2, 0) is 11.8 Å². The van der Waals surface area contributed by atoms with Crippen LogP contribution >= 0.6 is 0 Å². The molecular weight excluding hydrogens is 269 g/mol. The Balaban J connectivity index is 1.81. The molecule has 3 rings (SSSR count). The van der Waals surface area contributed by atoms with E-state index in [0.717, 1.165) is 31.0 Å². The molecule has 5 heteroatoms. The minimum atomic E-state index is -0.233. The highest BCUT2D eigenvalue weighted by Gasteiger charge is 2.43. The highest BCUT2D eigenvalue weighted by molar-refractivity contribution is 5.20. The van der Waals surface area contributed by atoms with Crippen LogP contribution in [0.1, 0.15) is 37.5 Å². The first-order valence-corrected chi connectivity index (χ1v) is 7.38. The van der Waals surface area contributed by atoms with Gasteiger partial charge in [-0.2, -0.15) is 4.98 Å². The predicted octanol–water partition coefficient (Wildman–Crippen LogP) is 2.69. The summed E-state index contributed by atoms with van der Waals surface area (Å²) in [6.07, 6.45) is 1.58. The molecule has 1 aliphatic heterocycles. The van der Waals surface area contributed by atoms with Crippen molar-refractivity contribution in [3.8, 4) is 0 Å². The second-order valence-electron chi connectivity index (χ2n) is 6.06. The third kappa shape index (κ3) is 2.70. The Labute approximate surface area is 123 Å². The van der Waals surface area contributed by atoms with Crippen LogP contribution in [0, 0.1) is 11.7 Å². The molecular formula is C16H20FN3O. The molecule has 1 N–H and O–H groups in total. The number of hydrogen-bond donors (Lipinski definition) is 1. The lowest BCUT2D eigenvalue weighted by molar-refractivity contribution is 0.234. The Morgan fingerprint density at radius 2 is 2.10 bits per heavy atom. The molecule has 1 fully saturated rings. The first-order valence-electron chi connectivity index (χ1n) is 7.38. The van der Waals surface area contributed by atoms with Crippen LogP contribution in [0.4, 0.5) is 4.39 Å². The van der Waals surface area contributed by atoms with E-state index >= 15 is 0 Å². The Kier molecular flexibility index (Phi) is 3.76. The minimum Gasteiger partial charge on any atom is -0.339 e. The fourth-order valence-electron chi connectivity index (χ4n) is 2.95. The van der Waals surface area contributed by atoms with E-state index in [1.807, 2.05) is 0 Å². The second-order valence-corrected chi connectivity index (χ2v) is 6.06. The lowest BCUT2D eigenvalue weighted by atomic mass is 9.76. The third-order valence-electron chi connectivity index (χ3n) is 4.46. The zero-order chi connectivity index (χ0) is 14.9. The number of nitrogens with one attached hydrogen (secondary N) is 1. The van der Waals surface area contributed by atoms with Gasteiger partial charge in [-0.25, -0.2) is 4.39 Å². The van der Waals surface area contributed by atoms with Crippen molar-refractivity contribution >= 4 is 0 Å². The van der Waals surface area contributed by atoms with E-state index < -0.39 is 0 Å². The molecule has 1 saturated heterocycles. The van der Waals surface area contributed by atoms with E-state index in [2.05, 4.69) is 29.3 Å². The highest BCUT2D eigenvalue weighted by atomic mass is 19.1. The van der Waals surface area contributed by atoms with Crippen molar-refractivity contribution in [2.24, 2.45) is 5.92 Å². The molecule has 0 aliphatic carbocycles. The van der Waals surface area contributed by atoms with Gasteiger partial charge in [-0.05, 0) is 36.6 Å². The number of benzene rings is 1. The van der Waals surface area contributed by atoms with Crippen molar-refractivity contribution < 1.29 is 8.91 Å². The van der Waals surface area contributed by atoms with E-state index in [1.165, 1.54) is 12.1 Å². The summed E-state index contributed by atoms with van der Waals surface area (Å²) in [4.78, 5) is 4.59. The fraction of sp³-hybridized carbons (Fsp3) is 0.500. The maximum atomic E-state index is 12.9. The van der Waals surface area contributed by atoms with Crippen LogP contribution in [0.5, 0.6) is 0 Å². The molecule has 4 nitrogen and oxygen atoms in total. The zero-order valence-corrected chi connectivity index (χ0v) is 12.4. The van der Waals surface area contributed by atoms with Crippen molar-refractivity contribution in [3.05, 3.63) is 47.4 Å². The van der Waals surface area contributed by atoms with Gasteiger partial charge in [-0.1, -0.05) is 31.1 Å². The molecule has 2 aromatic rings. The molecule has 1 aromatic heterocycles. The number of rotatable bonds is 4. The SMILES string of the molecule is CC(C)C1(c2nc(Cc3ccc(F)cc3)no2)CCNC1. The Morgan fingerprint density at radius 1 is 1.33 bits per heavy atom. The Morgan fingerprint density at radius 3 is 2.71 bits per heavy atom. The van der Waals surface area contributed by atoms with Crippen LogP contribution in [0.25, 0.3) is 0 Å². The average molecular weight is 289 g/mol. The molecule has 2 heterocycles. The lowest BCUT2D eigenvalue weighted by Gasteiger charge is -2.28. The quantitative estimate of drug-likeness (QED) is 0.940. The second kappa shape index (κ2) is 5.56. The maximum Gasteiger partial charge on any atom is 0.234 e. The smallest absolute Gasteiger partial charge is 0.234 e. The van der Waals surface area contributed by atoms with Gasteiger partial charge < -0.3 is 9.84 Å². The number of aromatic nitrogens is 2. The first-order chi connectivity index (χ1) is 10.1. The van der Waals surface area contributed by atoms with E-state index in [1.54, 1.807) is 12.1 Å². The summed E-state index contributed by atoms with van der Waals surface area (Å²) in [5.74, 6) is 1.58. The molecule has 21 heavy (non-hydrogen) atoms. The summed E-state index contributed by atoms with van der Waals surface area (Å²) >= 11 is 0. The van der Waals surface area contributed by atoms with Crippen LogP contribution in [0.2, 0.25) is 0 Å². The van der Waals surface area contributed by atoms with Gasteiger partial charge in [-0.15, -0.1) is 0 Å². The standard InChI is InChI=1S/C16H20FN3O/c1-11(2)16(7-8-18-10-16)15-19-14(20-21-15)9-12-3-5-13(17)6-4-12/h3-6,11,18H,7-10H2,1-2H3. The van der Waals surface area contributed by atoms with E-state index in [9.17, 15) is 4.39 Å². The van der Waals surface area contributed by atoms with Crippen LogP contribution in [-0.4, -0.2) is 23.2 Å². The van der Waals surface area contributed by atoms with Gasteiger partial charge in [0.15, 0.2) is 5.82 Å². The largest absolute Gasteiger partial charge is 0.339 e. The monoisotopic (exact) mass is 289 g/mol. The van der Waals surface area contributed by atoms with E-state index in [0.29, 0.717) is 18.2 Å². The van der Waals surface area contributed by atoms with Gasteiger partial charge in [0, 0.05) is 13.0 Å². The van der Waals surface area contributed by atoms with Gasteiger partial charge in [0.1, 0.15) is 5.82 Å². The third-order valence-corrected chi connectivity index (χ3v) is 4.46. The van der Waals surface area contributed by atoms with Gasteiger partial charge in [-0.3, -0.25) is 0 Å². The van der Waals surface area contributed by atoms with Crippen molar-refractivity contribution in [1.29, 1.82) is 0 Å². The van der Waals surface area contributed by atoms with Crippen LogP contribution in [0.15, 0.2) is 28.8 Å². The Bertz CT molecular complexity index is 600. The maximum absolute atomic E-state index is 12.9. The predicted molar refractivity (Wildman–Crippen MR) is 77.5 cm³/mol. The molecule has 0 saturated carbocycles. The van der Waals surface area contributed by atoms with E-state index in [-0.39, 0.29) is 11.2 Å². The number of halogens is 1. The fourth-order valence-corrected chi connectivity index (χ4v) is 2.95. The summed E-state index contributed by atoms with van der Waals surface area (Å²) in [7, 11) is 0. The molecule has 112 valence electrons. The molecule has 0 spiro atoms. The average Bonchev–Trinajstić information content (AvgIpc) is 3.11.